The van der Waals surface area contributed by atoms with Gasteiger partial charge in [-0.1, -0.05) is 78.9 Å². The minimum absolute atomic E-state index is 0.462. The maximum absolute atomic E-state index is 10.3. The van der Waals surface area contributed by atoms with Gasteiger partial charge < -0.3 is 14.8 Å². The van der Waals surface area contributed by atoms with Crippen molar-refractivity contribution in [2.45, 2.75) is 5.41 Å². The van der Waals surface area contributed by atoms with Gasteiger partial charge in [0, 0.05) is 11.1 Å². The Morgan fingerprint density at radius 2 is 1.14 bits per heavy atom. The first-order chi connectivity index (χ1) is 14.2. The fraction of sp³-hybridized carbons (Fsp3) is 0.0400. The molecule has 2 N–H and O–H groups in total. The van der Waals surface area contributed by atoms with E-state index in [2.05, 4.69) is 30.3 Å². The van der Waals surface area contributed by atoms with Gasteiger partial charge in [-0.3, -0.25) is 0 Å². The van der Waals surface area contributed by atoms with Crippen LogP contribution in [-0.2, 0) is 5.41 Å². The molecule has 1 aliphatic carbocycles. The maximum Gasteiger partial charge on any atom is 0.488 e. The molecule has 0 amide bonds. The zero-order valence-electron chi connectivity index (χ0n) is 15.5. The normalized spacial score (nSPS) is 14.4. The second-order valence-corrected chi connectivity index (χ2v) is 7.53. The molecule has 0 bridgehead atoms. The highest BCUT2D eigenvalue weighted by molar-refractivity contribution is 6.59. The Morgan fingerprint density at radius 3 is 1.79 bits per heavy atom. The molecule has 0 atom stereocenters. The van der Waals surface area contributed by atoms with Gasteiger partial charge in [-0.25, -0.2) is 0 Å². The predicted molar refractivity (Wildman–Crippen MR) is 114 cm³/mol. The minimum Gasteiger partial charge on any atom is -0.457 e. The van der Waals surface area contributed by atoms with Gasteiger partial charge in [-0.2, -0.15) is 0 Å². The molecule has 6 rings (SSSR count). The minimum atomic E-state index is -1.60. The molecular weight excluding hydrogens is 359 g/mol. The quantitative estimate of drug-likeness (QED) is 0.429. The zero-order chi connectivity index (χ0) is 19.6. The SMILES string of the molecule is OB(O)c1cccc2c1C1(c3ccccc3O2)c2ccccc2-c2ccccc21. The Morgan fingerprint density at radius 1 is 0.586 bits per heavy atom. The van der Waals surface area contributed by atoms with Crippen LogP contribution in [0.5, 0.6) is 11.5 Å². The summed E-state index contributed by atoms with van der Waals surface area (Å²) < 4.78 is 6.26. The van der Waals surface area contributed by atoms with Crippen LogP contribution in [0.1, 0.15) is 22.3 Å². The number of hydrogen-bond acceptors (Lipinski definition) is 3. The molecule has 2 aliphatic rings. The van der Waals surface area contributed by atoms with Crippen molar-refractivity contribution < 1.29 is 14.8 Å². The van der Waals surface area contributed by atoms with Crippen LogP contribution in [-0.4, -0.2) is 17.2 Å². The van der Waals surface area contributed by atoms with Crippen LogP contribution < -0.4 is 10.2 Å². The van der Waals surface area contributed by atoms with E-state index in [1.54, 1.807) is 6.07 Å². The topological polar surface area (TPSA) is 49.7 Å². The molecule has 1 heterocycles. The summed E-state index contributed by atoms with van der Waals surface area (Å²) in [7, 11) is -1.60. The molecule has 0 saturated heterocycles. The van der Waals surface area contributed by atoms with Crippen molar-refractivity contribution in [3.8, 4) is 22.6 Å². The number of benzene rings is 4. The van der Waals surface area contributed by atoms with Crippen molar-refractivity contribution in [3.63, 3.8) is 0 Å². The van der Waals surface area contributed by atoms with Crippen molar-refractivity contribution in [3.05, 3.63) is 113 Å². The number of rotatable bonds is 1. The summed E-state index contributed by atoms with van der Waals surface area (Å²) >= 11 is 0. The molecule has 0 radical (unpaired) electrons. The van der Waals surface area contributed by atoms with Gasteiger partial charge in [-0.15, -0.1) is 0 Å². The first-order valence-corrected chi connectivity index (χ1v) is 9.69. The number of ether oxygens (including phenoxy) is 1. The average molecular weight is 376 g/mol. The van der Waals surface area contributed by atoms with Crippen LogP contribution >= 0.6 is 0 Å². The van der Waals surface area contributed by atoms with Crippen LogP contribution in [0.4, 0.5) is 0 Å². The Kier molecular flexibility index (Phi) is 3.34. The van der Waals surface area contributed by atoms with Crippen molar-refractivity contribution in [1.82, 2.24) is 0 Å². The summed E-state index contributed by atoms with van der Waals surface area (Å²) in [6.07, 6.45) is 0. The molecule has 4 aromatic rings. The first kappa shape index (κ1) is 16.6. The first-order valence-electron chi connectivity index (χ1n) is 9.69. The summed E-state index contributed by atoms with van der Waals surface area (Å²) in [5, 5.41) is 20.5. The van der Waals surface area contributed by atoms with Crippen LogP contribution in [0.15, 0.2) is 91.0 Å². The van der Waals surface area contributed by atoms with Crippen molar-refractivity contribution in [1.29, 1.82) is 0 Å². The van der Waals surface area contributed by atoms with E-state index in [-0.39, 0.29) is 0 Å². The van der Waals surface area contributed by atoms with Gasteiger partial charge in [0.2, 0.25) is 0 Å². The summed E-state index contributed by atoms with van der Waals surface area (Å²) in [5.41, 5.74) is 6.18. The number of para-hydroxylation sites is 1. The van der Waals surface area contributed by atoms with E-state index < -0.39 is 12.5 Å². The highest BCUT2D eigenvalue weighted by Gasteiger charge is 2.52. The van der Waals surface area contributed by atoms with Gasteiger partial charge in [-0.05, 0) is 39.8 Å². The smallest absolute Gasteiger partial charge is 0.457 e. The van der Waals surface area contributed by atoms with Crippen LogP contribution in [0.25, 0.3) is 11.1 Å². The van der Waals surface area contributed by atoms with E-state index in [1.807, 2.05) is 54.6 Å². The van der Waals surface area contributed by atoms with Crippen LogP contribution in [0, 0.1) is 0 Å². The second-order valence-electron chi connectivity index (χ2n) is 7.53. The molecule has 4 aromatic carbocycles. The van der Waals surface area contributed by atoms with Crippen LogP contribution in [0.3, 0.4) is 0 Å². The van der Waals surface area contributed by atoms with Crippen molar-refractivity contribution in [2.75, 3.05) is 0 Å². The fourth-order valence-electron chi connectivity index (χ4n) is 5.16. The highest BCUT2D eigenvalue weighted by Crippen LogP contribution is 2.61. The molecule has 0 aromatic heterocycles. The van der Waals surface area contributed by atoms with Gasteiger partial charge in [0.05, 0.1) is 5.41 Å². The van der Waals surface area contributed by atoms with E-state index in [0.717, 1.165) is 39.1 Å². The molecule has 0 saturated carbocycles. The van der Waals surface area contributed by atoms with Crippen molar-refractivity contribution >= 4 is 12.6 Å². The molecule has 29 heavy (non-hydrogen) atoms. The molecule has 4 heteroatoms. The lowest BCUT2D eigenvalue weighted by Gasteiger charge is -2.40. The molecule has 0 fully saturated rings. The monoisotopic (exact) mass is 376 g/mol. The van der Waals surface area contributed by atoms with Gasteiger partial charge in [0.1, 0.15) is 11.5 Å². The third-order valence-electron chi connectivity index (χ3n) is 6.17. The van der Waals surface area contributed by atoms with Gasteiger partial charge in [0.25, 0.3) is 0 Å². The lowest BCUT2D eigenvalue weighted by molar-refractivity contribution is 0.418. The Hall–Kier alpha value is -3.34. The largest absolute Gasteiger partial charge is 0.488 e. The average Bonchev–Trinajstić information content (AvgIpc) is 3.05. The lowest BCUT2D eigenvalue weighted by Crippen LogP contribution is -2.43. The van der Waals surface area contributed by atoms with Crippen LogP contribution in [0.2, 0.25) is 0 Å². The standard InChI is InChI=1S/C25H17BO3/c27-26(28)21-13-7-15-23-24(21)25(20-12-5-6-14-22(20)29-23)18-10-3-1-8-16(18)17-9-2-4-11-19(17)25/h1-15,27-28H. The molecule has 138 valence electrons. The van der Waals surface area contributed by atoms with Crippen molar-refractivity contribution in [2.24, 2.45) is 0 Å². The molecule has 1 aliphatic heterocycles. The summed E-state index contributed by atoms with van der Waals surface area (Å²) in [6, 6.07) is 30.3. The second kappa shape index (κ2) is 5.83. The summed E-state index contributed by atoms with van der Waals surface area (Å²) in [5.74, 6) is 1.44. The van der Waals surface area contributed by atoms with Gasteiger partial charge >= 0.3 is 7.12 Å². The maximum atomic E-state index is 10.3. The van der Waals surface area contributed by atoms with E-state index in [9.17, 15) is 10.0 Å². The Labute approximate surface area is 169 Å². The predicted octanol–water partition coefficient (Wildman–Crippen LogP) is 3.84. The van der Waals surface area contributed by atoms with Gasteiger partial charge in [0.15, 0.2) is 0 Å². The zero-order valence-corrected chi connectivity index (χ0v) is 15.5. The molecule has 0 unspecified atom stereocenters. The number of fused-ring (bicyclic) bond motifs is 9. The lowest BCUT2D eigenvalue weighted by atomic mass is 9.60. The summed E-state index contributed by atoms with van der Waals surface area (Å²) in [4.78, 5) is 0. The highest BCUT2D eigenvalue weighted by atomic mass is 16.5. The fourth-order valence-corrected chi connectivity index (χ4v) is 5.16. The summed E-state index contributed by atoms with van der Waals surface area (Å²) in [6.45, 7) is 0. The molecule has 1 spiro atoms. The van der Waals surface area contributed by atoms with E-state index in [0.29, 0.717) is 11.2 Å². The number of hydrogen-bond donors (Lipinski definition) is 2. The Bertz CT molecular complexity index is 1230. The third kappa shape index (κ3) is 2.00. The molecule has 3 nitrogen and oxygen atoms in total. The van der Waals surface area contributed by atoms with E-state index in [1.165, 1.54) is 0 Å². The van der Waals surface area contributed by atoms with E-state index >= 15 is 0 Å². The molecular formula is C25H17BO3. The van der Waals surface area contributed by atoms with E-state index in [4.69, 9.17) is 4.74 Å². The third-order valence-corrected chi connectivity index (χ3v) is 6.17. The Balaban J connectivity index is 1.87.